The molecule has 0 saturated heterocycles. The number of benzene rings is 2. The van der Waals surface area contributed by atoms with E-state index in [9.17, 15) is 4.79 Å². The molecule has 25 heavy (non-hydrogen) atoms. The summed E-state index contributed by atoms with van der Waals surface area (Å²) in [4.78, 5) is 17.6. The summed E-state index contributed by atoms with van der Waals surface area (Å²) >= 11 is 1.29. The van der Waals surface area contributed by atoms with Crippen LogP contribution in [0.5, 0.6) is 11.5 Å². The first kappa shape index (κ1) is 15.4. The number of ether oxygens (including phenoxy) is 2. The van der Waals surface area contributed by atoms with Gasteiger partial charge in [-0.25, -0.2) is 4.98 Å². The quantitative estimate of drug-likeness (QED) is 0.607. The summed E-state index contributed by atoms with van der Waals surface area (Å²) in [7, 11) is 3.18. The summed E-state index contributed by atoms with van der Waals surface area (Å²) in [5, 5.41) is 8.60. The van der Waals surface area contributed by atoms with Crippen molar-refractivity contribution in [2.24, 2.45) is 0 Å². The van der Waals surface area contributed by atoms with Crippen LogP contribution in [0.3, 0.4) is 0 Å². The molecule has 7 nitrogen and oxygen atoms in total. The number of aromatic nitrogens is 3. The molecule has 4 rings (SSSR count). The van der Waals surface area contributed by atoms with Crippen LogP contribution in [0.25, 0.3) is 15.9 Å². The molecule has 0 amide bonds. The largest absolute Gasteiger partial charge is 0.497 e. The third-order valence-electron chi connectivity index (χ3n) is 3.75. The number of hydrogen-bond donors (Lipinski definition) is 1. The number of methoxy groups -OCH3 is 2. The SMILES string of the molecule is COc1ccc(Nc2nn3c(=O)c4ccccc4nc3s2)c(OC)c1. The average molecular weight is 354 g/mol. The van der Waals surface area contributed by atoms with Crippen LogP contribution in [-0.2, 0) is 0 Å². The Labute approximate surface area is 146 Å². The molecule has 0 aliphatic rings. The van der Waals surface area contributed by atoms with Crippen molar-refractivity contribution < 1.29 is 9.47 Å². The Balaban J connectivity index is 1.79. The fraction of sp³-hybridized carbons (Fsp3) is 0.118. The summed E-state index contributed by atoms with van der Waals surface area (Å²) in [6.45, 7) is 0. The third-order valence-corrected chi connectivity index (χ3v) is 4.58. The van der Waals surface area contributed by atoms with E-state index in [4.69, 9.17) is 9.47 Å². The lowest BCUT2D eigenvalue weighted by Crippen LogP contribution is -2.15. The van der Waals surface area contributed by atoms with Crippen LogP contribution in [0.15, 0.2) is 47.3 Å². The summed E-state index contributed by atoms with van der Waals surface area (Å²) in [5.74, 6) is 1.31. The number of nitrogens with zero attached hydrogens (tertiary/aromatic N) is 3. The Morgan fingerprint density at radius 1 is 1.12 bits per heavy atom. The zero-order valence-corrected chi connectivity index (χ0v) is 14.3. The van der Waals surface area contributed by atoms with Crippen molar-refractivity contribution in [3.63, 3.8) is 0 Å². The maximum absolute atomic E-state index is 12.6. The van der Waals surface area contributed by atoms with Gasteiger partial charge in [-0.15, -0.1) is 5.10 Å². The molecule has 2 aromatic carbocycles. The number of para-hydroxylation sites is 1. The molecule has 0 aliphatic heterocycles. The van der Waals surface area contributed by atoms with Crippen LogP contribution in [0.2, 0.25) is 0 Å². The number of fused-ring (bicyclic) bond motifs is 2. The van der Waals surface area contributed by atoms with Crippen molar-refractivity contribution >= 4 is 38.0 Å². The van der Waals surface area contributed by atoms with E-state index in [1.807, 2.05) is 30.3 Å². The molecule has 2 aromatic heterocycles. The van der Waals surface area contributed by atoms with Gasteiger partial charge in [0.1, 0.15) is 11.5 Å². The molecule has 1 N–H and O–H groups in total. The molecule has 0 spiro atoms. The minimum atomic E-state index is -0.188. The van der Waals surface area contributed by atoms with Crippen molar-refractivity contribution in [2.45, 2.75) is 0 Å². The highest BCUT2D eigenvalue weighted by molar-refractivity contribution is 7.20. The average Bonchev–Trinajstić information content (AvgIpc) is 3.05. The number of anilines is 2. The van der Waals surface area contributed by atoms with Gasteiger partial charge in [-0.05, 0) is 24.3 Å². The lowest BCUT2D eigenvalue weighted by Gasteiger charge is -2.10. The standard InChI is InChI=1S/C17H14N4O3S/c1-23-10-7-8-13(14(9-10)24-2)18-16-20-21-15(22)11-5-3-4-6-12(11)19-17(21)25-16/h3-9H,1-2H3,(H,18,20). The van der Waals surface area contributed by atoms with Crippen molar-refractivity contribution in [1.29, 1.82) is 0 Å². The Morgan fingerprint density at radius 3 is 2.76 bits per heavy atom. The number of rotatable bonds is 4. The Kier molecular flexibility index (Phi) is 3.73. The Morgan fingerprint density at radius 2 is 1.96 bits per heavy atom. The van der Waals surface area contributed by atoms with E-state index < -0.39 is 0 Å². The van der Waals surface area contributed by atoms with Gasteiger partial charge in [0.2, 0.25) is 10.1 Å². The molecule has 0 fully saturated rings. The van der Waals surface area contributed by atoms with Gasteiger partial charge in [0.15, 0.2) is 0 Å². The molecule has 8 heteroatoms. The highest BCUT2D eigenvalue weighted by Crippen LogP contribution is 2.32. The zero-order chi connectivity index (χ0) is 17.4. The highest BCUT2D eigenvalue weighted by Gasteiger charge is 2.12. The number of nitrogens with one attached hydrogen (secondary N) is 1. The zero-order valence-electron chi connectivity index (χ0n) is 13.5. The molecule has 0 atom stereocenters. The molecule has 4 aromatic rings. The van der Waals surface area contributed by atoms with Crippen LogP contribution in [0, 0.1) is 0 Å². The molecule has 0 saturated carbocycles. The first-order valence-electron chi connectivity index (χ1n) is 7.47. The topological polar surface area (TPSA) is 77.8 Å². The molecule has 2 heterocycles. The first-order valence-corrected chi connectivity index (χ1v) is 8.29. The second kappa shape index (κ2) is 6.06. The van der Waals surface area contributed by atoms with Crippen LogP contribution >= 0.6 is 11.3 Å². The fourth-order valence-electron chi connectivity index (χ4n) is 2.52. The van der Waals surface area contributed by atoms with E-state index in [1.165, 1.54) is 15.9 Å². The smallest absolute Gasteiger partial charge is 0.283 e. The first-order chi connectivity index (χ1) is 12.2. The third kappa shape index (κ3) is 2.66. The molecular formula is C17H14N4O3S. The maximum Gasteiger partial charge on any atom is 0.283 e. The van der Waals surface area contributed by atoms with Crippen molar-refractivity contribution in [2.75, 3.05) is 19.5 Å². The molecule has 0 bridgehead atoms. The Hall–Kier alpha value is -3.13. The molecular weight excluding hydrogens is 340 g/mol. The van der Waals surface area contributed by atoms with Gasteiger partial charge in [0.05, 0.1) is 30.8 Å². The van der Waals surface area contributed by atoms with Crippen molar-refractivity contribution in [3.8, 4) is 11.5 Å². The van der Waals surface area contributed by atoms with Crippen molar-refractivity contribution in [1.82, 2.24) is 14.6 Å². The van der Waals surface area contributed by atoms with Gasteiger partial charge >= 0.3 is 0 Å². The van der Waals surface area contributed by atoms with E-state index in [1.54, 1.807) is 26.4 Å². The molecule has 0 unspecified atom stereocenters. The summed E-state index contributed by atoms with van der Waals surface area (Å²) in [6, 6.07) is 12.6. The van der Waals surface area contributed by atoms with Gasteiger partial charge < -0.3 is 14.8 Å². The van der Waals surface area contributed by atoms with Crippen LogP contribution in [0.4, 0.5) is 10.8 Å². The van der Waals surface area contributed by atoms with E-state index >= 15 is 0 Å². The molecule has 126 valence electrons. The lowest BCUT2D eigenvalue weighted by atomic mass is 10.2. The van der Waals surface area contributed by atoms with Crippen LogP contribution < -0.4 is 20.3 Å². The lowest BCUT2D eigenvalue weighted by molar-refractivity contribution is 0.395. The monoisotopic (exact) mass is 354 g/mol. The maximum atomic E-state index is 12.6. The molecule has 0 radical (unpaired) electrons. The normalized spacial score (nSPS) is 11.0. The minimum absolute atomic E-state index is 0.188. The van der Waals surface area contributed by atoms with Crippen molar-refractivity contribution in [3.05, 3.63) is 52.8 Å². The van der Waals surface area contributed by atoms with Gasteiger partial charge in [-0.3, -0.25) is 4.79 Å². The van der Waals surface area contributed by atoms with Crippen LogP contribution in [0.1, 0.15) is 0 Å². The Bertz CT molecular complexity index is 1140. The fourth-order valence-corrected chi connectivity index (χ4v) is 3.33. The summed E-state index contributed by atoms with van der Waals surface area (Å²) in [6.07, 6.45) is 0. The predicted octanol–water partition coefficient (Wildman–Crippen LogP) is 3.07. The minimum Gasteiger partial charge on any atom is -0.497 e. The summed E-state index contributed by atoms with van der Waals surface area (Å²) in [5.41, 5.74) is 1.19. The second-order valence-corrected chi connectivity index (χ2v) is 6.18. The second-order valence-electron chi connectivity index (χ2n) is 5.23. The van der Waals surface area contributed by atoms with Crippen LogP contribution in [-0.4, -0.2) is 28.8 Å². The van der Waals surface area contributed by atoms with Gasteiger partial charge in [0.25, 0.3) is 5.56 Å². The van der Waals surface area contributed by atoms with E-state index in [0.717, 1.165) is 5.69 Å². The predicted molar refractivity (Wildman–Crippen MR) is 97.5 cm³/mol. The van der Waals surface area contributed by atoms with E-state index in [-0.39, 0.29) is 5.56 Å². The van der Waals surface area contributed by atoms with Gasteiger partial charge in [0, 0.05) is 6.07 Å². The van der Waals surface area contributed by atoms with E-state index in [0.29, 0.717) is 32.5 Å². The van der Waals surface area contributed by atoms with Gasteiger partial charge in [-0.2, -0.15) is 4.52 Å². The van der Waals surface area contributed by atoms with E-state index in [2.05, 4.69) is 15.4 Å². The molecule has 0 aliphatic carbocycles. The van der Waals surface area contributed by atoms with Gasteiger partial charge in [-0.1, -0.05) is 23.5 Å². The summed E-state index contributed by atoms with van der Waals surface area (Å²) < 4.78 is 11.9. The highest BCUT2D eigenvalue weighted by atomic mass is 32.1. The number of hydrogen-bond acceptors (Lipinski definition) is 7.